The maximum atomic E-state index is 14.4. The summed E-state index contributed by atoms with van der Waals surface area (Å²) in [6, 6.07) is -2.21. The number of carbonyl (C=O) groups is 5. The SMILES string of the molecule is Cc1cc(S(=O)(=O)CC2(NC(=O)N[C@H](C(=O)N3C[C@H]4[C@@H]([C@H]3C(=O)NC(CC3CC3)C(=O)C(N)=O)C4(C)C)C(C)(C)C)CCCCC2)co1. The van der Waals surface area contributed by atoms with Gasteiger partial charge in [-0.3, -0.25) is 19.2 Å². The molecule has 266 valence electrons. The second-order valence-electron chi connectivity index (χ2n) is 16.2. The maximum Gasteiger partial charge on any atom is 0.315 e. The number of carbonyl (C=O) groups excluding carboxylic acids is 5. The van der Waals surface area contributed by atoms with E-state index >= 15 is 0 Å². The molecule has 2 heterocycles. The summed E-state index contributed by atoms with van der Waals surface area (Å²) in [6.45, 7) is 11.5. The Morgan fingerprint density at radius 3 is 2.25 bits per heavy atom. The van der Waals surface area contributed by atoms with E-state index in [0.717, 1.165) is 32.1 Å². The van der Waals surface area contributed by atoms with Crippen molar-refractivity contribution >= 4 is 39.4 Å². The molecule has 1 aromatic heterocycles. The van der Waals surface area contributed by atoms with Crippen LogP contribution in [0.15, 0.2) is 21.6 Å². The Morgan fingerprint density at radius 1 is 1.06 bits per heavy atom. The highest BCUT2D eigenvalue weighted by molar-refractivity contribution is 7.91. The van der Waals surface area contributed by atoms with Crippen molar-refractivity contribution in [2.75, 3.05) is 12.3 Å². The molecule has 5 N–H and O–H groups in total. The van der Waals surface area contributed by atoms with Gasteiger partial charge in [-0.25, -0.2) is 13.2 Å². The summed E-state index contributed by atoms with van der Waals surface area (Å²) in [7, 11) is -3.79. The number of aryl methyl sites for hydroxylation is 1. The number of rotatable bonds is 12. The van der Waals surface area contributed by atoms with Gasteiger partial charge in [-0.1, -0.05) is 66.7 Å². The van der Waals surface area contributed by atoms with Crippen LogP contribution in [0.1, 0.15) is 91.7 Å². The number of primary amides is 1. The minimum absolute atomic E-state index is 0.0441. The van der Waals surface area contributed by atoms with Gasteiger partial charge >= 0.3 is 6.03 Å². The molecule has 1 aromatic rings. The predicted molar refractivity (Wildman–Crippen MR) is 176 cm³/mol. The number of piperidine rings is 1. The molecule has 5 rings (SSSR count). The molecule has 4 aliphatic rings. The molecule has 0 radical (unpaired) electrons. The Bertz CT molecular complexity index is 1570. The molecule has 1 aliphatic heterocycles. The molecule has 4 fully saturated rings. The summed E-state index contributed by atoms with van der Waals surface area (Å²) < 4.78 is 32.0. The summed E-state index contributed by atoms with van der Waals surface area (Å²) in [6.07, 6.45) is 6.66. The summed E-state index contributed by atoms with van der Waals surface area (Å²) in [4.78, 5) is 68.0. The van der Waals surface area contributed by atoms with Crippen molar-refractivity contribution in [2.24, 2.45) is 34.3 Å². The smallest absolute Gasteiger partial charge is 0.315 e. The number of hydrogen-bond donors (Lipinski definition) is 4. The number of furan rings is 1. The van der Waals surface area contributed by atoms with Crippen LogP contribution in [0.4, 0.5) is 4.79 Å². The average molecular weight is 690 g/mol. The number of nitrogens with two attached hydrogens (primary N) is 1. The van der Waals surface area contributed by atoms with Crippen molar-refractivity contribution in [3.05, 3.63) is 18.1 Å². The number of likely N-dealkylation sites (tertiary alicyclic amines) is 1. The van der Waals surface area contributed by atoms with Crippen LogP contribution in [-0.4, -0.2) is 78.8 Å². The zero-order chi connectivity index (χ0) is 35.4. The van der Waals surface area contributed by atoms with Gasteiger partial charge in [-0.05, 0) is 60.8 Å². The van der Waals surface area contributed by atoms with E-state index in [1.807, 2.05) is 34.6 Å². The largest absolute Gasteiger partial charge is 0.468 e. The van der Waals surface area contributed by atoms with E-state index < -0.39 is 68.5 Å². The number of Topliss-reactive ketones (excluding diaryl/α,β-unsaturated/α-hetero) is 1. The van der Waals surface area contributed by atoms with Gasteiger partial charge in [-0.15, -0.1) is 0 Å². The third kappa shape index (κ3) is 7.42. The molecule has 0 bridgehead atoms. The van der Waals surface area contributed by atoms with E-state index in [0.29, 0.717) is 31.6 Å². The van der Waals surface area contributed by atoms with Crippen LogP contribution in [0.2, 0.25) is 0 Å². The van der Waals surface area contributed by atoms with Gasteiger partial charge in [-0.2, -0.15) is 0 Å². The van der Waals surface area contributed by atoms with E-state index in [-0.39, 0.29) is 33.8 Å². The van der Waals surface area contributed by atoms with Crippen molar-refractivity contribution in [2.45, 2.75) is 121 Å². The first-order valence-electron chi connectivity index (χ1n) is 17.1. The van der Waals surface area contributed by atoms with Crippen molar-refractivity contribution < 1.29 is 36.8 Å². The third-order valence-corrected chi connectivity index (χ3v) is 12.9. The fourth-order valence-electron chi connectivity index (χ4n) is 7.95. The molecular formula is C34H51N5O8S. The van der Waals surface area contributed by atoms with Gasteiger partial charge in [0.2, 0.25) is 17.6 Å². The van der Waals surface area contributed by atoms with Gasteiger partial charge in [0, 0.05) is 6.54 Å². The Hall–Kier alpha value is -3.42. The zero-order valence-electron chi connectivity index (χ0n) is 28.9. The molecule has 1 unspecified atom stereocenters. The van der Waals surface area contributed by atoms with Crippen LogP contribution < -0.4 is 21.7 Å². The normalized spacial score (nSPS) is 25.7. The summed E-state index contributed by atoms with van der Waals surface area (Å²) in [5, 5.41) is 8.57. The molecule has 0 spiro atoms. The van der Waals surface area contributed by atoms with Crippen molar-refractivity contribution in [3.63, 3.8) is 0 Å². The van der Waals surface area contributed by atoms with Crippen molar-refractivity contribution in [1.29, 1.82) is 0 Å². The quantitative estimate of drug-likeness (QED) is 0.240. The van der Waals surface area contributed by atoms with Crippen LogP contribution in [-0.2, 0) is 29.0 Å². The molecule has 3 aliphatic carbocycles. The zero-order valence-corrected chi connectivity index (χ0v) is 29.7. The standard InChI is InChI=1S/C34H51N5O8S/c1-19-14-21(17-47-19)48(45,46)18-34(12-8-7-9-13-34)38-31(44)37-27(32(2,3)4)30(43)39-16-22-24(33(22,5)6)25(39)29(42)36-23(15-20-10-11-20)26(40)28(35)41/h14,17,20,22-25,27H,7-13,15-16,18H2,1-6H3,(H2,35,41)(H,36,42)(H2,37,38,44)/t22-,23?,24-,25-,27+/m0/s1. The Kier molecular flexibility index (Phi) is 9.56. The first kappa shape index (κ1) is 35.9. The fourth-order valence-corrected chi connectivity index (χ4v) is 9.74. The van der Waals surface area contributed by atoms with Gasteiger partial charge in [0.05, 0.1) is 17.3 Å². The number of amides is 5. The maximum absolute atomic E-state index is 14.4. The number of ketones is 1. The molecule has 14 heteroatoms. The van der Waals surface area contributed by atoms with E-state index in [9.17, 15) is 32.4 Å². The Balaban J connectivity index is 1.34. The lowest BCUT2D eigenvalue weighted by atomic mass is 9.83. The Labute approximate surface area is 282 Å². The molecule has 1 saturated heterocycles. The number of urea groups is 1. The average Bonchev–Trinajstić information content (AvgIpc) is 3.73. The predicted octanol–water partition coefficient (Wildman–Crippen LogP) is 2.60. The van der Waals surface area contributed by atoms with Crippen LogP contribution in [0.5, 0.6) is 0 Å². The number of hydrogen-bond acceptors (Lipinski definition) is 8. The van der Waals surface area contributed by atoms with Crippen LogP contribution >= 0.6 is 0 Å². The monoisotopic (exact) mass is 689 g/mol. The molecule has 3 saturated carbocycles. The van der Waals surface area contributed by atoms with E-state index in [1.165, 1.54) is 17.2 Å². The molecule has 13 nitrogen and oxygen atoms in total. The lowest BCUT2D eigenvalue weighted by molar-refractivity contribution is -0.145. The molecule has 5 atom stereocenters. The molecule has 5 amide bonds. The Morgan fingerprint density at radius 2 is 1.71 bits per heavy atom. The highest BCUT2D eigenvalue weighted by atomic mass is 32.2. The second kappa shape index (κ2) is 12.8. The number of nitrogens with zero attached hydrogens (tertiary/aromatic N) is 1. The lowest BCUT2D eigenvalue weighted by Gasteiger charge is -2.40. The highest BCUT2D eigenvalue weighted by Crippen LogP contribution is 2.65. The lowest BCUT2D eigenvalue weighted by Crippen LogP contribution is -2.63. The summed E-state index contributed by atoms with van der Waals surface area (Å²) in [5.41, 5.74) is 3.27. The summed E-state index contributed by atoms with van der Waals surface area (Å²) >= 11 is 0. The van der Waals surface area contributed by atoms with E-state index in [2.05, 4.69) is 16.0 Å². The van der Waals surface area contributed by atoms with Crippen molar-refractivity contribution in [1.82, 2.24) is 20.9 Å². The van der Waals surface area contributed by atoms with Crippen molar-refractivity contribution in [3.8, 4) is 0 Å². The minimum atomic E-state index is -3.79. The third-order valence-electron chi connectivity index (χ3n) is 11.0. The number of nitrogens with one attached hydrogen (secondary N) is 3. The van der Waals surface area contributed by atoms with E-state index in [1.54, 1.807) is 6.92 Å². The molecule has 48 heavy (non-hydrogen) atoms. The summed E-state index contributed by atoms with van der Waals surface area (Å²) in [5.74, 6) is -2.66. The van der Waals surface area contributed by atoms with Crippen LogP contribution in [0.25, 0.3) is 0 Å². The highest BCUT2D eigenvalue weighted by Gasteiger charge is 2.70. The van der Waals surface area contributed by atoms with Gasteiger partial charge in [0.25, 0.3) is 5.91 Å². The number of fused-ring (bicyclic) bond motifs is 1. The topological polar surface area (TPSA) is 198 Å². The first-order chi connectivity index (χ1) is 22.3. The van der Waals surface area contributed by atoms with Gasteiger partial charge < -0.3 is 31.0 Å². The molecular weight excluding hydrogens is 638 g/mol. The van der Waals surface area contributed by atoms with Crippen LogP contribution in [0.3, 0.4) is 0 Å². The fraction of sp³-hybridized carbons (Fsp3) is 0.735. The van der Waals surface area contributed by atoms with E-state index in [4.69, 9.17) is 10.2 Å². The van der Waals surface area contributed by atoms with Gasteiger partial charge in [0.15, 0.2) is 9.84 Å². The van der Waals surface area contributed by atoms with Crippen LogP contribution in [0, 0.1) is 35.5 Å². The van der Waals surface area contributed by atoms with Gasteiger partial charge in [0.1, 0.15) is 29.0 Å². The first-order valence-corrected chi connectivity index (χ1v) is 18.7. The number of sulfone groups is 1. The second-order valence-corrected chi connectivity index (χ2v) is 18.2. The minimum Gasteiger partial charge on any atom is -0.468 e. The molecule has 0 aromatic carbocycles.